The third-order valence-electron chi connectivity index (χ3n) is 4.33. The second-order valence-electron chi connectivity index (χ2n) is 6.12. The Morgan fingerprint density at radius 1 is 1.22 bits per heavy atom. The zero-order chi connectivity index (χ0) is 19.0. The number of rotatable bonds is 4. The molecule has 0 amide bonds. The molecule has 3 heterocycles. The molecule has 1 aliphatic rings. The second-order valence-corrected chi connectivity index (χ2v) is 9.06. The first kappa shape index (κ1) is 18.2. The van der Waals surface area contributed by atoms with Gasteiger partial charge < -0.3 is 4.74 Å². The number of piperidine rings is 1. The van der Waals surface area contributed by atoms with Gasteiger partial charge in [-0.2, -0.15) is 9.29 Å². The minimum atomic E-state index is -3.58. The van der Waals surface area contributed by atoms with Crippen LogP contribution in [0.25, 0.3) is 10.2 Å². The topological polar surface area (TPSA) is 72.4 Å². The van der Waals surface area contributed by atoms with E-state index < -0.39 is 21.7 Å². The first-order valence-electron chi connectivity index (χ1n) is 8.26. The Morgan fingerprint density at radius 3 is 2.70 bits per heavy atom. The molecule has 0 N–H and O–H groups in total. The number of hydrogen-bond acceptors (Lipinski definition) is 6. The van der Waals surface area contributed by atoms with Crippen molar-refractivity contribution in [1.29, 1.82) is 0 Å². The van der Waals surface area contributed by atoms with Crippen molar-refractivity contribution < 1.29 is 21.9 Å². The number of pyridine rings is 1. The summed E-state index contributed by atoms with van der Waals surface area (Å²) in [6.07, 6.45) is 3.57. The SMILES string of the molecule is O=S(=O)(c1cccnc1)N1CCC(Oc2nc3c(F)cc(F)cc3s2)CC1. The minimum Gasteiger partial charge on any atom is -0.467 e. The number of halogens is 2. The molecule has 27 heavy (non-hydrogen) atoms. The van der Waals surface area contributed by atoms with E-state index in [0.29, 0.717) is 30.6 Å². The predicted octanol–water partition coefficient (Wildman–Crippen LogP) is 3.20. The van der Waals surface area contributed by atoms with Gasteiger partial charge >= 0.3 is 0 Å². The first-order chi connectivity index (χ1) is 12.9. The van der Waals surface area contributed by atoms with E-state index in [-0.39, 0.29) is 21.7 Å². The summed E-state index contributed by atoms with van der Waals surface area (Å²) < 4.78 is 59.8. The molecule has 0 unspecified atom stereocenters. The van der Waals surface area contributed by atoms with Gasteiger partial charge in [-0.3, -0.25) is 4.98 Å². The summed E-state index contributed by atoms with van der Waals surface area (Å²) in [5.74, 6) is -1.39. The molecule has 0 bridgehead atoms. The Kier molecular flexibility index (Phi) is 4.79. The second kappa shape index (κ2) is 7.10. The van der Waals surface area contributed by atoms with Crippen LogP contribution in [0.4, 0.5) is 8.78 Å². The van der Waals surface area contributed by atoms with E-state index in [9.17, 15) is 17.2 Å². The maximum Gasteiger partial charge on any atom is 0.274 e. The lowest BCUT2D eigenvalue weighted by Crippen LogP contribution is -2.41. The maximum atomic E-state index is 13.8. The van der Waals surface area contributed by atoms with Gasteiger partial charge in [-0.25, -0.2) is 17.2 Å². The van der Waals surface area contributed by atoms with Gasteiger partial charge in [0.25, 0.3) is 5.19 Å². The number of fused-ring (bicyclic) bond motifs is 1. The minimum absolute atomic E-state index is 0.0768. The molecule has 1 fully saturated rings. The Balaban J connectivity index is 1.43. The largest absolute Gasteiger partial charge is 0.467 e. The summed E-state index contributed by atoms with van der Waals surface area (Å²) in [6.45, 7) is 0.603. The highest BCUT2D eigenvalue weighted by molar-refractivity contribution is 7.89. The lowest BCUT2D eigenvalue weighted by Gasteiger charge is -2.30. The normalized spacial score (nSPS) is 16.7. The van der Waals surface area contributed by atoms with Gasteiger partial charge in [0.1, 0.15) is 22.3 Å². The highest BCUT2D eigenvalue weighted by atomic mass is 32.2. The lowest BCUT2D eigenvalue weighted by atomic mass is 10.1. The van der Waals surface area contributed by atoms with Gasteiger partial charge in [-0.1, -0.05) is 11.3 Å². The maximum absolute atomic E-state index is 13.8. The average Bonchev–Trinajstić information content (AvgIpc) is 3.05. The highest BCUT2D eigenvalue weighted by Crippen LogP contribution is 2.32. The van der Waals surface area contributed by atoms with Crippen LogP contribution in [0.2, 0.25) is 0 Å². The predicted molar refractivity (Wildman–Crippen MR) is 96.2 cm³/mol. The molecule has 0 aliphatic carbocycles. The van der Waals surface area contributed by atoms with Crippen LogP contribution in [0.3, 0.4) is 0 Å². The molecule has 4 rings (SSSR count). The monoisotopic (exact) mass is 411 g/mol. The number of nitrogens with zero attached hydrogens (tertiary/aromatic N) is 3. The third-order valence-corrected chi connectivity index (χ3v) is 7.11. The Bertz CT molecular complexity index is 1070. The molecule has 10 heteroatoms. The molecule has 6 nitrogen and oxygen atoms in total. The van der Waals surface area contributed by atoms with Crippen molar-refractivity contribution in [2.45, 2.75) is 23.8 Å². The zero-order valence-corrected chi connectivity index (χ0v) is 15.6. The molecule has 3 aromatic rings. The van der Waals surface area contributed by atoms with E-state index in [2.05, 4.69) is 9.97 Å². The van der Waals surface area contributed by atoms with Gasteiger partial charge in [-0.15, -0.1) is 0 Å². The van der Waals surface area contributed by atoms with E-state index in [4.69, 9.17) is 4.74 Å². The summed E-state index contributed by atoms with van der Waals surface area (Å²) >= 11 is 1.07. The van der Waals surface area contributed by atoms with Gasteiger partial charge in [0.15, 0.2) is 5.82 Å². The summed E-state index contributed by atoms with van der Waals surface area (Å²) in [5.41, 5.74) is 0.0768. The van der Waals surface area contributed by atoms with E-state index in [1.54, 1.807) is 6.07 Å². The van der Waals surface area contributed by atoms with Crippen LogP contribution in [0, 0.1) is 11.6 Å². The van der Waals surface area contributed by atoms with E-state index >= 15 is 0 Å². The number of sulfonamides is 1. The van der Waals surface area contributed by atoms with Gasteiger partial charge in [0, 0.05) is 31.5 Å². The van der Waals surface area contributed by atoms with E-state index in [0.717, 1.165) is 17.4 Å². The molecule has 0 spiro atoms. The van der Waals surface area contributed by atoms with Crippen LogP contribution in [0.5, 0.6) is 5.19 Å². The van der Waals surface area contributed by atoms with Crippen molar-refractivity contribution in [3.05, 3.63) is 48.3 Å². The Hall–Kier alpha value is -2.17. The van der Waals surface area contributed by atoms with Gasteiger partial charge in [0.2, 0.25) is 10.0 Å². The molecule has 142 valence electrons. The lowest BCUT2D eigenvalue weighted by molar-refractivity contribution is 0.135. The Morgan fingerprint density at radius 2 is 2.00 bits per heavy atom. The number of aromatic nitrogens is 2. The number of thiazole rings is 1. The quantitative estimate of drug-likeness (QED) is 0.659. The molecule has 0 saturated carbocycles. The molecular formula is C17H15F2N3O3S2. The fourth-order valence-corrected chi connectivity index (χ4v) is 5.32. The number of benzene rings is 1. The van der Waals surface area contributed by atoms with E-state index in [1.165, 1.54) is 28.8 Å². The van der Waals surface area contributed by atoms with Crippen molar-refractivity contribution in [2.24, 2.45) is 0 Å². The molecular weight excluding hydrogens is 396 g/mol. The highest BCUT2D eigenvalue weighted by Gasteiger charge is 2.30. The molecule has 1 aliphatic heterocycles. The fourth-order valence-electron chi connectivity index (χ4n) is 2.97. The fraction of sp³-hybridized carbons (Fsp3) is 0.294. The summed E-state index contributed by atoms with van der Waals surface area (Å²) in [7, 11) is -3.58. The van der Waals surface area contributed by atoms with Gasteiger partial charge in [0.05, 0.1) is 4.70 Å². The van der Waals surface area contributed by atoms with Crippen molar-refractivity contribution in [3.8, 4) is 5.19 Å². The molecule has 0 radical (unpaired) electrons. The van der Waals surface area contributed by atoms with Crippen LogP contribution in [0.1, 0.15) is 12.8 Å². The van der Waals surface area contributed by atoms with Crippen molar-refractivity contribution in [3.63, 3.8) is 0 Å². The Labute approximate surface area is 158 Å². The molecule has 1 saturated heterocycles. The smallest absolute Gasteiger partial charge is 0.274 e. The van der Waals surface area contributed by atoms with Crippen LogP contribution in [0.15, 0.2) is 41.6 Å². The first-order valence-corrected chi connectivity index (χ1v) is 10.5. The van der Waals surface area contributed by atoms with Crippen molar-refractivity contribution >= 4 is 31.6 Å². The summed E-state index contributed by atoms with van der Waals surface area (Å²) in [6, 6.07) is 5.09. The number of ether oxygens (including phenoxy) is 1. The zero-order valence-electron chi connectivity index (χ0n) is 14.0. The molecule has 0 atom stereocenters. The standard InChI is InChI=1S/C17H15F2N3O3S2/c18-11-8-14(19)16-15(9-11)26-17(21-16)25-12-3-6-22(7-4-12)27(23,24)13-2-1-5-20-10-13/h1-2,5,8-10,12H,3-4,6-7H2. The van der Waals surface area contributed by atoms with E-state index in [1.807, 2.05) is 0 Å². The number of hydrogen-bond donors (Lipinski definition) is 0. The van der Waals surface area contributed by atoms with Crippen LogP contribution >= 0.6 is 11.3 Å². The van der Waals surface area contributed by atoms with Crippen LogP contribution < -0.4 is 4.74 Å². The van der Waals surface area contributed by atoms with Crippen LogP contribution in [-0.4, -0.2) is 41.9 Å². The van der Waals surface area contributed by atoms with Gasteiger partial charge in [-0.05, 0) is 31.0 Å². The third kappa shape index (κ3) is 3.64. The summed E-state index contributed by atoms with van der Waals surface area (Å²) in [4.78, 5) is 8.09. The average molecular weight is 411 g/mol. The van der Waals surface area contributed by atoms with Crippen molar-refractivity contribution in [1.82, 2.24) is 14.3 Å². The molecule has 2 aromatic heterocycles. The van der Waals surface area contributed by atoms with Crippen LogP contribution in [-0.2, 0) is 10.0 Å². The molecule has 1 aromatic carbocycles. The summed E-state index contributed by atoms with van der Waals surface area (Å²) in [5, 5.41) is 0.253. The van der Waals surface area contributed by atoms with Crippen molar-refractivity contribution in [2.75, 3.05) is 13.1 Å².